The molecule has 11 heteroatoms. The first-order valence-corrected chi connectivity index (χ1v) is 12.4. The number of rotatable bonds is 10. The molecule has 0 fully saturated rings. The number of ether oxygens (including phenoxy) is 1. The van der Waals surface area contributed by atoms with E-state index in [1.165, 1.54) is 55.6 Å². The Hall–Kier alpha value is -4.80. The summed E-state index contributed by atoms with van der Waals surface area (Å²) in [7, 11) is 1.33. The number of amides is 1. The van der Waals surface area contributed by atoms with Gasteiger partial charge in [-0.25, -0.2) is 9.48 Å². The minimum absolute atomic E-state index is 0.0504. The maximum Gasteiger partial charge on any atom is 0.335 e. The number of aliphatic hydroxyl groups excluding tert-OH is 1. The second kappa shape index (κ2) is 12.4. The molecule has 1 heterocycles. The van der Waals surface area contributed by atoms with Crippen molar-refractivity contribution in [2.45, 2.75) is 12.5 Å². The fraction of sp³-hybridized carbons (Fsp3) is 0.138. The average Bonchev–Trinajstić information content (AvgIpc) is 2.96. The highest BCUT2D eigenvalue weighted by molar-refractivity contribution is 6.31. The van der Waals surface area contributed by atoms with Gasteiger partial charge in [0.25, 0.3) is 5.56 Å². The van der Waals surface area contributed by atoms with Crippen LogP contribution in [0.1, 0.15) is 32.3 Å². The van der Waals surface area contributed by atoms with Crippen molar-refractivity contribution in [2.24, 2.45) is 0 Å². The largest absolute Gasteiger partial charge is 0.480 e. The second-order valence-electron chi connectivity index (χ2n) is 8.70. The molecule has 1 atom stereocenters. The monoisotopic (exact) mass is 561 g/mol. The Morgan fingerprint density at radius 3 is 2.33 bits per heavy atom. The van der Waals surface area contributed by atoms with E-state index in [0.717, 1.165) is 10.2 Å². The summed E-state index contributed by atoms with van der Waals surface area (Å²) in [5.41, 5.74) is 0.996. The Kier molecular flexibility index (Phi) is 8.73. The first-order valence-electron chi connectivity index (χ1n) is 12.0. The van der Waals surface area contributed by atoms with Crippen LogP contribution in [0.25, 0.3) is 11.1 Å². The lowest BCUT2D eigenvalue weighted by molar-refractivity contribution is -0.119. The molecule has 1 unspecified atom stereocenters. The summed E-state index contributed by atoms with van der Waals surface area (Å²) in [6.07, 6.45) is 0.0979. The molecular formula is C29H24ClN3O7. The molecule has 0 aliphatic heterocycles. The number of ketones is 1. The molecule has 0 saturated heterocycles. The van der Waals surface area contributed by atoms with E-state index in [-0.39, 0.29) is 39.6 Å². The molecule has 1 amide bonds. The maximum absolute atomic E-state index is 13.5. The number of nitrogens with one attached hydrogen (secondary N) is 1. The first kappa shape index (κ1) is 28.2. The quantitative estimate of drug-likeness (QED) is 0.247. The molecule has 0 spiro atoms. The smallest absolute Gasteiger partial charge is 0.335 e. The van der Waals surface area contributed by atoms with Gasteiger partial charge in [0, 0.05) is 28.8 Å². The van der Waals surface area contributed by atoms with E-state index in [1.54, 1.807) is 24.3 Å². The highest BCUT2D eigenvalue weighted by atomic mass is 35.5. The molecule has 4 aromatic rings. The topological polar surface area (TPSA) is 148 Å². The van der Waals surface area contributed by atoms with Crippen molar-refractivity contribution in [2.75, 3.05) is 19.0 Å². The Morgan fingerprint density at radius 2 is 1.70 bits per heavy atom. The summed E-state index contributed by atoms with van der Waals surface area (Å²) in [5.74, 6) is -2.32. The maximum atomic E-state index is 13.5. The Labute approximate surface area is 233 Å². The van der Waals surface area contributed by atoms with Crippen molar-refractivity contribution < 1.29 is 29.3 Å². The van der Waals surface area contributed by atoms with Crippen molar-refractivity contribution >= 4 is 34.9 Å². The lowest BCUT2D eigenvalue weighted by Gasteiger charge is -2.20. The van der Waals surface area contributed by atoms with Gasteiger partial charge < -0.3 is 20.3 Å². The van der Waals surface area contributed by atoms with Gasteiger partial charge in [0.2, 0.25) is 11.8 Å². The fourth-order valence-electron chi connectivity index (χ4n) is 4.14. The molecule has 3 N–H and O–H groups in total. The summed E-state index contributed by atoms with van der Waals surface area (Å²) in [6.45, 7) is -0.756. The molecule has 0 radical (unpaired) electrons. The lowest BCUT2D eigenvalue weighted by Crippen LogP contribution is -2.36. The van der Waals surface area contributed by atoms with Crippen molar-refractivity contribution in [1.82, 2.24) is 9.78 Å². The van der Waals surface area contributed by atoms with Crippen LogP contribution in [0.2, 0.25) is 5.02 Å². The van der Waals surface area contributed by atoms with Crippen LogP contribution in [0, 0.1) is 0 Å². The molecule has 10 nitrogen and oxygen atoms in total. The minimum atomic E-state index is -1.13. The van der Waals surface area contributed by atoms with Gasteiger partial charge in [0.05, 0.1) is 18.2 Å². The van der Waals surface area contributed by atoms with Crippen LogP contribution in [0.4, 0.5) is 5.69 Å². The molecular weight excluding hydrogens is 538 g/mol. The number of aromatic carboxylic acids is 1. The van der Waals surface area contributed by atoms with Crippen LogP contribution in [-0.2, 0) is 11.2 Å². The number of Topliss-reactive ketones (excluding diaryl/α,β-unsaturated/α-hetero) is 1. The second-order valence-corrected chi connectivity index (χ2v) is 9.14. The Balaban J connectivity index is 1.79. The van der Waals surface area contributed by atoms with E-state index in [0.29, 0.717) is 5.69 Å². The zero-order valence-corrected chi connectivity index (χ0v) is 22.0. The normalized spacial score (nSPS) is 11.5. The highest BCUT2D eigenvalue weighted by Gasteiger charge is 2.27. The first-order chi connectivity index (χ1) is 19.2. The predicted molar refractivity (Wildman–Crippen MR) is 148 cm³/mol. The number of aromatic nitrogens is 2. The van der Waals surface area contributed by atoms with Gasteiger partial charge in [-0.3, -0.25) is 14.4 Å². The summed E-state index contributed by atoms with van der Waals surface area (Å²) in [5, 5.41) is 25.9. The van der Waals surface area contributed by atoms with Crippen molar-refractivity contribution in [1.29, 1.82) is 0 Å². The van der Waals surface area contributed by atoms with Gasteiger partial charge in [-0.05, 0) is 53.6 Å². The Morgan fingerprint density at radius 1 is 1.00 bits per heavy atom. The number of carbonyl (C=O) groups excluding carboxylic acids is 2. The van der Waals surface area contributed by atoms with Crippen molar-refractivity contribution in [3.05, 3.63) is 111 Å². The van der Waals surface area contributed by atoms with E-state index in [9.17, 15) is 24.3 Å². The van der Waals surface area contributed by atoms with Gasteiger partial charge >= 0.3 is 5.97 Å². The summed E-state index contributed by atoms with van der Waals surface area (Å²) >= 11 is 6.16. The van der Waals surface area contributed by atoms with Crippen LogP contribution in [0.5, 0.6) is 5.88 Å². The number of carboxylic acids is 1. The van der Waals surface area contributed by atoms with E-state index < -0.39 is 35.9 Å². The van der Waals surface area contributed by atoms with Crippen LogP contribution in [-0.4, -0.2) is 51.4 Å². The van der Waals surface area contributed by atoms with E-state index in [4.69, 9.17) is 21.4 Å². The van der Waals surface area contributed by atoms with Gasteiger partial charge in [-0.15, -0.1) is 5.10 Å². The number of anilines is 1. The summed E-state index contributed by atoms with van der Waals surface area (Å²) < 4.78 is 6.46. The van der Waals surface area contributed by atoms with Crippen molar-refractivity contribution in [3.8, 4) is 17.0 Å². The predicted octanol–water partition coefficient (Wildman–Crippen LogP) is 3.87. The molecule has 0 bridgehead atoms. The minimum Gasteiger partial charge on any atom is -0.480 e. The van der Waals surface area contributed by atoms with E-state index >= 15 is 0 Å². The third-order valence-corrected chi connectivity index (χ3v) is 6.34. The van der Waals surface area contributed by atoms with Crippen LogP contribution in [0.15, 0.2) is 83.7 Å². The highest BCUT2D eigenvalue weighted by Crippen LogP contribution is 2.32. The standard InChI is InChI=1S/C29H24ClN3O7/c1-40-28-23(22-14-19(30)9-12-21(22)25(35)16-34)15-26(36)33(32-28)24(13-17-5-3-2-4-6-17)27(37)31-20-10-7-18(8-11-20)29(38)39/h2-12,14-15,24,34H,13,16H2,1H3,(H,31,37)(H,38,39). The van der Waals surface area contributed by atoms with E-state index in [2.05, 4.69) is 10.4 Å². The van der Waals surface area contributed by atoms with Gasteiger partial charge in [-0.1, -0.05) is 41.9 Å². The average molecular weight is 562 g/mol. The molecule has 0 aliphatic carbocycles. The molecule has 0 aliphatic rings. The Bertz CT molecular complexity index is 1620. The number of carboxylic acid groups (broad SMARTS) is 1. The van der Waals surface area contributed by atoms with Gasteiger partial charge in [-0.2, -0.15) is 0 Å². The van der Waals surface area contributed by atoms with Crippen LogP contribution >= 0.6 is 11.6 Å². The third kappa shape index (κ3) is 6.25. The van der Waals surface area contributed by atoms with Crippen molar-refractivity contribution in [3.63, 3.8) is 0 Å². The molecule has 40 heavy (non-hydrogen) atoms. The SMILES string of the molecule is COc1nn(C(Cc2ccccc2)C(=O)Nc2ccc(C(=O)O)cc2)c(=O)cc1-c1cc(Cl)ccc1C(=O)CO. The lowest BCUT2D eigenvalue weighted by atomic mass is 9.98. The third-order valence-electron chi connectivity index (χ3n) is 6.10. The number of carbonyl (C=O) groups is 3. The van der Waals surface area contributed by atoms with E-state index in [1.807, 2.05) is 6.07 Å². The molecule has 3 aromatic carbocycles. The molecule has 204 valence electrons. The zero-order chi connectivity index (χ0) is 28.8. The van der Waals surface area contributed by atoms with Gasteiger partial charge in [0.15, 0.2) is 5.78 Å². The van der Waals surface area contributed by atoms with Crippen LogP contribution < -0.4 is 15.6 Å². The fourth-order valence-corrected chi connectivity index (χ4v) is 4.31. The molecule has 1 aromatic heterocycles. The number of aliphatic hydroxyl groups is 1. The molecule has 0 saturated carbocycles. The number of hydrogen-bond donors (Lipinski definition) is 3. The molecule has 4 rings (SSSR count). The number of halogens is 1. The number of methoxy groups -OCH3 is 1. The summed E-state index contributed by atoms with van der Waals surface area (Å²) in [6, 6.07) is 19.1. The van der Waals surface area contributed by atoms with Crippen LogP contribution in [0.3, 0.4) is 0 Å². The number of benzene rings is 3. The zero-order valence-electron chi connectivity index (χ0n) is 21.2. The number of nitrogens with zero attached hydrogens (tertiary/aromatic N) is 2. The van der Waals surface area contributed by atoms with Gasteiger partial charge in [0.1, 0.15) is 12.6 Å². The number of hydrogen-bond acceptors (Lipinski definition) is 7. The summed E-state index contributed by atoms with van der Waals surface area (Å²) in [4.78, 5) is 50.5.